The lowest BCUT2D eigenvalue weighted by atomic mass is 10.1. The number of anilines is 1. The molecule has 3 aromatic rings. The summed E-state index contributed by atoms with van der Waals surface area (Å²) in [5.41, 5.74) is 3.37. The summed E-state index contributed by atoms with van der Waals surface area (Å²) in [4.78, 5) is 16.5. The Morgan fingerprint density at radius 3 is 2.70 bits per heavy atom. The van der Waals surface area contributed by atoms with Crippen LogP contribution in [0.25, 0.3) is 11.3 Å². The van der Waals surface area contributed by atoms with E-state index in [1.165, 1.54) is 12.1 Å². The molecule has 1 aromatic heterocycles. The van der Waals surface area contributed by atoms with Crippen LogP contribution in [0.5, 0.6) is 0 Å². The van der Waals surface area contributed by atoms with Crippen molar-refractivity contribution in [3.05, 3.63) is 70.3 Å². The molecular weight excluding hydrogens is 311 g/mol. The second-order valence-electron chi connectivity index (χ2n) is 5.18. The number of nitrogens with zero attached hydrogens (tertiary/aromatic N) is 1. The molecule has 0 aliphatic rings. The fourth-order valence-corrected chi connectivity index (χ4v) is 2.87. The minimum Gasteiger partial charge on any atom is -0.326 e. The Morgan fingerprint density at radius 1 is 1.22 bits per heavy atom. The van der Waals surface area contributed by atoms with E-state index in [0.717, 1.165) is 27.5 Å². The molecule has 1 amide bonds. The Kier molecular flexibility index (Phi) is 4.48. The van der Waals surface area contributed by atoms with Crippen molar-refractivity contribution in [2.24, 2.45) is 0 Å². The zero-order valence-corrected chi connectivity index (χ0v) is 13.4. The summed E-state index contributed by atoms with van der Waals surface area (Å²) in [5.74, 6) is -0.441. The van der Waals surface area contributed by atoms with E-state index in [9.17, 15) is 9.18 Å². The van der Waals surface area contributed by atoms with Crippen LogP contribution in [0.4, 0.5) is 10.1 Å². The maximum absolute atomic E-state index is 12.9. The second-order valence-corrected chi connectivity index (χ2v) is 6.25. The first-order valence-corrected chi connectivity index (χ1v) is 8.05. The molecule has 0 atom stereocenters. The number of nitrogens with one attached hydrogen (secondary N) is 1. The zero-order chi connectivity index (χ0) is 16.2. The van der Waals surface area contributed by atoms with E-state index in [1.807, 2.05) is 36.6 Å². The van der Waals surface area contributed by atoms with Gasteiger partial charge in [0.15, 0.2) is 0 Å². The van der Waals surface area contributed by atoms with E-state index in [0.29, 0.717) is 0 Å². The fourth-order valence-electron chi connectivity index (χ4n) is 2.25. The molecule has 23 heavy (non-hydrogen) atoms. The Morgan fingerprint density at radius 2 is 2.00 bits per heavy atom. The molecule has 1 N–H and O–H groups in total. The second kappa shape index (κ2) is 6.71. The molecule has 0 aliphatic carbocycles. The third-order valence-electron chi connectivity index (χ3n) is 3.34. The molecule has 0 bridgehead atoms. The van der Waals surface area contributed by atoms with Gasteiger partial charge in [0, 0.05) is 16.6 Å². The maximum Gasteiger partial charge on any atom is 0.228 e. The Hall–Kier alpha value is -2.53. The van der Waals surface area contributed by atoms with Gasteiger partial charge in [0.25, 0.3) is 0 Å². The van der Waals surface area contributed by atoms with Gasteiger partial charge in [-0.05, 0) is 36.8 Å². The monoisotopic (exact) mass is 326 g/mol. The first-order valence-electron chi connectivity index (χ1n) is 7.17. The molecular formula is C18H15FN2OS. The molecule has 0 aliphatic heterocycles. The molecule has 5 heteroatoms. The summed E-state index contributed by atoms with van der Waals surface area (Å²) in [6.07, 6.45) is 0.209. The van der Waals surface area contributed by atoms with Gasteiger partial charge in [0.05, 0.1) is 17.1 Å². The van der Waals surface area contributed by atoms with Crippen LogP contribution < -0.4 is 5.32 Å². The largest absolute Gasteiger partial charge is 0.326 e. The van der Waals surface area contributed by atoms with Crippen LogP contribution >= 0.6 is 11.3 Å². The molecule has 0 spiro atoms. The predicted molar refractivity (Wildman–Crippen MR) is 91.0 cm³/mol. The zero-order valence-electron chi connectivity index (χ0n) is 12.5. The molecule has 0 unspecified atom stereocenters. The van der Waals surface area contributed by atoms with E-state index < -0.39 is 0 Å². The summed E-state index contributed by atoms with van der Waals surface area (Å²) in [5, 5.41) is 5.87. The van der Waals surface area contributed by atoms with Crippen LogP contribution in [0.15, 0.2) is 53.9 Å². The number of carbonyl (C=O) groups excluding carboxylic acids is 1. The van der Waals surface area contributed by atoms with Crippen LogP contribution in [-0.2, 0) is 11.2 Å². The van der Waals surface area contributed by atoms with E-state index in [-0.39, 0.29) is 18.1 Å². The Labute approximate surface area is 137 Å². The number of aromatic nitrogens is 1. The first-order chi connectivity index (χ1) is 11.1. The fraction of sp³-hybridized carbons (Fsp3) is 0.111. The molecule has 0 saturated heterocycles. The highest BCUT2D eigenvalue weighted by Crippen LogP contribution is 2.24. The van der Waals surface area contributed by atoms with Gasteiger partial charge in [-0.1, -0.05) is 24.3 Å². The quantitative estimate of drug-likeness (QED) is 0.770. The molecule has 1 heterocycles. The highest BCUT2D eigenvalue weighted by Gasteiger charge is 2.07. The maximum atomic E-state index is 12.9. The topological polar surface area (TPSA) is 42.0 Å². The number of hydrogen-bond acceptors (Lipinski definition) is 3. The summed E-state index contributed by atoms with van der Waals surface area (Å²) in [6.45, 7) is 1.96. The van der Waals surface area contributed by atoms with E-state index in [1.54, 1.807) is 23.5 Å². The third-order valence-corrected chi connectivity index (χ3v) is 4.11. The van der Waals surface area contributed by atoms with Gasteiger partial charge in [-0.3, -0.25) is 4.79 Å². The van der Waals surface area contributed by atoms with E-state index in [4.69, 9.17) is 0 Å². The molecule has 2 aromatic carbocycles. The minimum atomic E-state index is -0.305. The summed E-state index contributed by atoms with van der Waals surface area (Å²) in [7, 11) is 0. The number of hydrogen-bond donors (Lipinski definition) is 1. The number of benzene rings is 2. The average molecular weight is 326 g/mol. The van der Waals surface area contributed by atoms with Gasteiger partial charge in [0.1, 0.15) is 5.82 Å². The number of rotatable bonds is 4. The van der Waals surface area contributed by atoms with Crippen LogP contribution in [0.3, 0.4) is 0 Å². The van der Waals surface area contributed by atoms with Crippen molar-refractivity contribution < 1.29 is 9.18 Å². The van der Waals surface area contributed by atoms with Crippen molar-refractivity contribution in [2.75, 3.05) is 5.32 Å². The van der Waals surface area contributed by atoms with Crippen molar-refractivity contribution in [3.63, 3.8) is 0 Å². The van der Waals surface area contributed by atoms with Gasteiger partial charge in [-0.2, -0.15) is 0 Å². The van der Waals surface area contributed by atoms with Crippen molar-refractivity contribution >= 4 is 22.9 Å². The minimum absolute atomic E-state index is 0.136. The summed E-state index contributed by atoms with van der Waals surface area (Å²) in [6, 6.07) is 13.5. The average Bonchev–Trinajstić information content (AvgIpc) is 2.96. The standard InChI is InChI=1S/C18H15FN2OS/c1-12-20-17(11-23-12)14-3-2-4-16(10-14)21-18(22)9-13-5-7-15(19)8-6-13/h2-8,10-11H,9H2,1H3,(H,21,22). The highest BCUT2D eigenvalue weighted by molar-refractivity contribution is 7.09. The lowest BCUT2D eigenvalue weighted by Gasteiger charge is -2.07. The van der Waals surface area contributed by atoms with Crippen LogP contribution in [0, 0.1) is 12.7 Å². The van der Waals surface area contributed by atoms with Gasteiger partial charge < -0.3 is 5.32 Å². The van der Waals surface area contributed by atoms with E-state index >= 15 is 0 Å². The van der Waals surface area contributed by atoms with Crippen molar-refractivity contribution in [1.82, 2.24) is 4.98 Å². The number of amides is 1. The molecule has 0 saturated carbocycles. The van der Waals surface area contributed by atoms with Crippen molar-refractivity contribution in [2.45, 2.75) is 13.3 Å². The number of halogens is 1. The number of aryl methyl sites for hydroxylation is 1. The van der Waals surface area contributed by atoms with Crippen molar-refractivity contribution in [1.29, 1.82) is 0 Å². The number of carbonyl (C=O) groups is 1. The molecule has 0 fully saturated rings. The van der Waals surface area contributed by atoms with Crippen LogP contribution in [-0.4, -0.2) is 10.9 Å². The Bertz CT molecular complexity index is 827. The van der Waals surface area contributed by atoms with Gasteiger partial charge in [-0.15, -0.1) is 11.3 Å². The Balaban J connectivity index is 1.70. The lowest BCUT2D eigenvalue weighted by Crippen LogP contribution is -2.14. The molecule has 0 radical (unpaired) electrons. The number of thiazole rings is 1. The SMILES string of the molecule is Cc1nc(-c2cccc(NC(=O)Cc3ccc(F)cc3)c2)cs1. The summed E-state index contributed by atoms with van der Waals surface area (Å²) >= 11 is 1.59. The predicted octanol–water partition coefficient (Wildman–Crippen LogP) is 4.44. The normalized spacial score (nSPS) is 10.5. The molecule has 3 rings (SSSR count). The highest BCUT2D eigenvalue weighted by atomic mass is 32.1. The molecule has 116 valence electrons. The third kappa shape index (κ3) is 4.02. The van der Waals surface area contributed by atoms with E-state index in [2.05, 4.69) is 10.3 Å². The smallest absolute Gasteiger partial charge is 0.228 e. The lowest BCUT2D eigenvalue weighted by molar-refractivity contribution is -0.115. The van der Waals surface area contributed by atoms with Gasteiger partial charge in [0.2, 0.25) is 5.91 Å². The summed E-state index contributed by atoms with van der Waals surface area (Å²) < 4.78 is 12.9. The van der Waals surface area contributed by atoms with Crippen LogP contribution in [0.2, 0.25) is 0 Å². The van der Waals surface area contributed by atoms with Crippen molar-refractivity contribution in [3.8, 4) is 11.3 Å². The molecule has 3 nitrogen and oxygen atoms in total. The van der Waals surface area contributed by atoms with Gasteiger partial charge >= 0.3 is 0 Å². The van der Waals surface area contributed by atoms with Crippen LogP contribution in [0.1, 0.15) is 10.6 Å². The first kappa shape index (κ1) is 15.4. The van der Waals surface area contributed by atoms with Gasteiger partial charge in [-0.25, -0.2) is 9.37 Å².